The van der Waals surface area contributed by atoms with Gasteiger partial charge in [0.05, 0.1) is 0 Å². The minimum Gasteiger partial charge on any atom is -0.384 e. The van der Waals surface area contributed by atoms with Crippen molar-refractivity contribution in [3.05, 3.63) is 18.3 Å². The maximum absolute atomic E-state index is 5.76. The van der Waals surface area contributed by atoms with Gasteiger partial charge >= 0.3 is 0 Å². The number of likely N-dealkylation sites (tertiary alicyclic amines) is 1. The van der Waals surface area contributed by atoms with Crippen LogP contribution in [0.2, 0.25) is 0 Å². The van der Waals surface area contributed by atoms with Crippen LogP contribution >= 0.6 is 0 Å². The molecule has 19 heavy (non-hydrogen) atoms. The first-order valence-electron chi connectivity index (χ1n) is 7.50. The molecule has 0 aliphatic carbocycles. The summed E-state index contributed by atoms with van der Waals surface area (Å²) in [4.78, 5) is 9.15. The third-order valence-electron chi connectivity index (χ3n) is 4.46. The van der Waals surface area contributed by atoms with Crippen LogP contribution < -0.4 is 10.6 Å². The van der Waals surface area contributed by atoms with E-state index in [4.69, 9.17) is 5.73 Å². The molecule has 0 spiro atoms. The van der Waals surface area contributed by atoms with Gasteiger partial charge in [-0.25, -0.2) is 4.98 Å². The highest BCUT2D eigenvalue weighted by molar-refractivity contribution is 5.52. The second-order valence-electron chi connectivity index (χ2n) is 5.88. The lowest BCUT2D eigenvalue weighted by atomic mass is 9.96. The van der Waals surface area contributed by atoms with Crippen molar-refractivity contribution in [2.75, 3.05) is 43.4 Å². The lowest BCUT2D eigenvalue weighted by molar-refractivity contribution is 0.249. The molecule has 3 heterocycles. The quantitative estimate of drug-likeness (QED) is 0.902. The molecule has 2 fully saturated rings. The van der Waals surface area contributed by atoms with Gasteiger partial charge in [-0.15, -0.1) is 0 Å². The molecule has 0 atom stereocenters. The van der Waals surface area contributed by atoms with Crippen LogP contribution in [-0.4, -0.2) is 42.6 Å². The zero-order valence-corrected chi connectivity index (χ0v) is 11.6. The Balaban J connectivity index is 1.51. The number of anilines is 2. The van der Waals surface area contributed by atoms with Crippen molar-refractivity contribution >= 4 is 11.5 Å². The van der Waals surface area contributed by atoms with Gasteiger partial charge in [-0.3, -0.25) is 0 Å². The van der Waals surface area contributed by atoms with E-state index in [0.29, 0.717) is 5.82 Å². The van der Waals surface area contributed by atoms with E-state index in [1.54, 1.807) is 6.20 Å². The fourth-order valence-corrected chi connectivity index (χ4v) is 3.34. The molecule has 2 saturated heterocycles. The number of rotatable bonds is 3. The summed E-state index contributed by atoms with van der Waals surface area (Å²) in [6.07, 6.45) is 7.21. The maximum atomic E-state index is 5.76. The van der Waals surface area contributed by atoms with Crippen molar-refractivity contribution < 1.29 is 0 Å². The summed E-state index contributed by atoms with van der Waals surface area (Å²) >= 11 is 0. The lowest BCUT2D eigenvalue weighted by Crippen LogP contribution is -2.38. The highest BCUT2D eigenvalue weighted by Crippen LogP contribution is 2.25. The fourth-order valence-electron chi connectivity index (χ4n) is 3.34. The van der Waals surface area contributed by atoms with Gasteiger partial charge in [0, 0.05) is 37.6 Å². The molecule has 0 bridgehead atoms. The minimum atomic E-state index is 0.622. The van der Waals surface area contributed by atoms with Crippen LogP contribution in [0, 0.1) is 5.92 Å². The van der Waals surface area contributed by atoms with Gasteiger partial charge in [0.25, 0.3) is 0 Å². The molecule has 2 aliphatic rings. The van der Waals surface area contributed by atoms with E-state index in [1.807, 2.05) is 6.07 Å². The number of nitrogens with two attached hydrogens (primary N) is 1. The zero-order valence-electron chi connectivity index (χ0n) is 11.6. The molecule has 0 radical (unpaired) electrons. The molecule has 0 saturated carbocycles. The Bertz CT molecular complexity index is 406. The van der Waals surface area contributed by atoms with Crippen LogP contribution in [0.25, 0.3) is 0 Å². The highest BCUT2D eigenvalue weighted by Gasteiger charge is 2.22. The molecule has 0 aromatic carbocycles. The smallest absolute Gasteiger partial charge is 0.125 e. The normalized spacial score (nSPS) is 22.0. The summed E-state index contributed by atoms with van der Waals surface area (Å²) in [6.45, 7) is 6.26. The Labute approximate surface area is 115 Å². The van der Waals surface area contributed by atoms with Crippen LogP contribution in [0.3, 0.4) is 0 Å². The molecule has 2 aliphatic heterocycles. The first kappa shape index (κ1) is 12.7. The average molecular weight is 260 g/mol. The van der Waals surface area contributed by atoms with Crippen molar-refractivity contribution in [3.8, 4) is 0 Å². The Hall–Kier alpha value is -1.29. The van der Waals surface area contributed by atoms with Gasteiger partial charge in [0.2, 0.25) is 0 Å². The molecule has 0 amide bonds. The van der Waals surface area contributed by atoms with E-state index in [2.05, 4.69) is 20.9 Å². The van der Waals surface area contributed by atoms with E-state index < -0.39 is 0 Å². The summed E-state index contributed by atoms with van der Waals surface area (Å²) in [5, 5.41) is 0. The fraction of sp³-hybridized carbons (Fsp3) is 0.667. The van der Waals surface area contributed by atoms with Crippen LogP contribution in [-0.2, 0) is 0 Å². The van der Waals surface area contributed by atoms with E-state index in [1.165, 1.54) is 51.0 Å². The van der Waals surface area contributed by atoms with Gasteiger partial charge < -0.3 is 15.5 Å². The van der Waals surface area contributed by atoms with Crippen LogP contribution in [0.4, 0.5) is 11.5 Å². The average Bonchev–Trinajstić information content (AvgIpc) is 2.92. The first-order chi connectivity index (χ1) is 9.31. The highest BCUT2D eigenvalue weighted by atomic mass is 15.2. The lowest BCUT2D eigenvalue weighted by Gasteiger charge is -2.35. The van der Waals surface area contributed by atoms with Crippen molar-refractivity contribution in [1.29, 1.82) is 0 Å². The summed E-state index contributed by atoms with van der Waals surface area (Å²) < 4.78 is 0. The van der Waals surface area contributed by atoms with Crippen molar-refractivity contribution in [1.82, 2.24) is 9.88 Å². The van der Waals surface area contributed by atoms with Crippen LogP contribution in [0.5, 0.6) is 0 Å². The van der Waals surface area contributed by atoms with Crippen molar-refractivity contribution in [2.24, 2.45) is 5.92 Å². The molecule has 3 rings (SSSR count). The second kappa shape index (κ2) is 5.78. The third kappa shape index (κ3) is 3.18. The zero-order chi connectivity index (χ0) is 13.1. The monoisotopic (exact) mass is 260 g/mol. The second-order valence-corrected chi connectivity index (χ2v) is 5.88. The largest absolute Gasteiger partial charge is 0.384 e. The van der Waals surface area contributed by atoms with Crippen molar-refractivity contribution in [2.45, 2.75) is 25.7 Å². The van der Waals surface area contributed by atoms with E-state index in [-0.39, 0.29) is 0 Å². The predicted molar refractivity (Wildman–Crippen MR) is 79.3 cm³/mol. The Kier molecular flexibility index (Phi) is 3.87. The van der Waals surface area contributed by atoms with Gasteiger partial charge in [0.15, 0.2) is 0 Å². The number of hydrogen-bond donors (Lipinski definition) is 1. The molecular formula is C15H24N4. The topological polar surface area (TPSA) is 45.4 Å². The number of nitrogens with zero attached hydrogens (tertiary/aromatic N) is 3. The molecule has 1 aromatic heterocycles. The molecule has 1 aromatic rings. The number of piperidine rings is 1. The number of hydrogen-bond acceptors (Lipinski definition) is 4. The third-order valence-corrected chi connectivity index (χ3v) is 4.46. The van der Waals surface area contributed by atoms with Gasteiger partial charge in [0.1, 0.15) is 5.82 Å². The molecule has 4 nitrogen and oxygen atoms in total. The van der Waals surface area contributed by atoms with E-state index in [0.717, 1.165) is 19.0 Å². The summed E-state index contributed by atoms with van der Waals surface area (Å²) in [5.74, 6) is 1.50. The molecule has 2 N–H and O–H groups in total. The maximum Gasteiger partial charge on any atom is 0.125 e. The molecular weight excluding hydrogens is 236 g/mol. The summed E-state index contributed by atoms with van der Waals surface area (Å²) in [5.41, 5.74) is 6.99. The minimum absolute atomic E-state index is 0.622. The van der Waals surface area contributed by atoms with Crippen molar-refractivity contribution in [3.63, 3.8) is 0 Å². The van der Waals surface area contributed by atoms with Gasteiger partial charge in [-0.05, 0) is 50.8 Å². The van der Waals surface area contributed by atoms with Gasteiger partial charge in [-0.1, -0.05) is 0 Å². The van der Waals surface area contributed by atoms with E-state index >= 15 is 0 Å². The first-order valence-corrected chi connectivity index (χ1v) is 7.50. The SMILES string of the molecule is Nc1cc(N2CCC(CN3CCCC3)CC2)ccn1. The Morgan fingerprint density at radius 3 is 2.58 bits per heavy atom. The summed E-state index contributed by atoms with van der Waals surface area (Å²) in [7, 11) is 0. The Morgan fingerprint density at radius 1 is 1.16 bits per heavy atom. The van der Waals surface area contributed by atoms with E-state index in [9.17, 15) is 0 Å². The standard InChI is InChI=1S/C15H24N4/c16-15-11-14(3-6-17-15)19-9-4-13(5-10-19)12-18-7-1-2-8-18/h3,6,11,13H,1-2,4-5,7-10,12H2,(H2,16,17). The predicted octanol–water partition coefficient (Wildman–Crippen LogP) is 1.98. The summed E-state index contributed by atoms with van der Waals surface area (Å²) in [6, 6.07) is 4.05. The molecule has 0 unspecified atom stereocenters. The number of pyridine rings is 1. The van der Waals surface area contributed by atoms with Crippen LogP contribution in [0.1, 0.15) is 25.7 Å². The molecule has 4 heteroatoms. The molecule has 104 valence electrons. The Morgan fingerprint density at radius 2 is 1.89 bits per heavy atom. The van der Waals surface area contributed by atoms with Crippen LogP contribution in [0.15, 0.2) is 18.3 Å². The van der Waals surface area contributed by atoms with Gasteiger partial charge in [-0.2, -0.15) is 0 Å². The number of nitrogen functional groups attached to an aromatic ring is 1. The number of aromatic nitrogens is 1.